The molecule has 1 aliphatic rings. The van der Waals surface area contributed by atoms with Crippen LogP contribution in [0.1, 0.15) is 51.9 Å². The zero-order valence-corrected chi connectivity index (χ0v) is 15.0. The highest BCUT2D eigenvalue weighted by Gasteiger charge is 2.37. The molecule has 0 aliphatic carbocycles. The molecular weight excluding hydrogens is 332 g/mol. The Kier molecular flexibility index (Phi) is 9.78. The van der Waals surface area contributed by atoms with Gasteiger partial charge in [-0.05, 0) is 25.0 Å². The van der Waals surface area contributed by atoms with Gasteiger partial charge in [0.05, 0.1) is 6.10 Å². The van der Waals surface area contributed by atoms with Gasteiger partial charge in [-0.25, -0.2) is 4.79 Å². The molecule has 1 fully saturated rings. The molecule has 0 aromatic heterocycles. The lowest BCUT2D eigenvalue weighted by Crippen LogP contribution is -2.38. The summed E-state index contributed by atoms with van der Waals surface area (Å²) in [6.45, 7) is 2.45. The van der Waals surface area contributed by atoms with E-state index in [4.69, 9.17) is 5.11 Å². The van der Waals surface area contributed by atoms with E-state index in [2.05, 4.69) is 12.2 Å². The summed E-state index contributed by atoms with van der Waals surface area (Å²) in [6.07, 6.45) is 4.51. The van der Waals surface area contributed by atoms with Gasteiger partial charge in [0.1, 0.15) is 6.04 Å². The highest BCUT2D eigenvalue weighted by Crippen LogP contribution is 2.17. The van der Waals surface area contributed by atoms with Gasteiger partial charge in [-0.1, -0.05) is 26.2 Å². The normalized spacial score (nSPS) is 18.8. The molecule has 0 saturated carbocycles. The Labute approximate surface area is 147 Å². The fourth-order valence-electron chi connectivity index (χ4n) is 2.55. The molecule has 3 N–H and O–H groups in total. The number of aliphatic carboxylic acids is 1. The number of nitrogens with one attached hydrogen (secondary N) is 1. The molecule has 2 atom stereocenters. The molecule has 1 heterocycles. The molecule has 1 rings (SSSR count). The predicted molar refractivity (Wildman–Crippen MR) is 93.0 cm³/mol. The van der Waals surface area contributed by atoms with Crippen molar-refractivity contribution >= 4 is 29.7 Å². The van der Waals surface area contributed by atoms with Crippen LogP contribution in [0.15, 0.2) is 0 Å². The Hall–Kier alpha value is -1.28. The highest BCUT2D eigenvalue weighted by molar-refractivity contribution is 7.99. The molecule has 3 amide bonds. The zero-order chi connectivity index (χ0) is 17.9. The number of amides is 3. The van der Waals surface area contributed by atoms with Crippen LogP contribution in [0.4, 0.5) is 4.79 Å². The van der Waals surface area contributed by atoms with Crippen LogP contribution in [-0.4, -0.2) is 63.2 Å². The number of carboxylic acid groups (broad SMARTS) is 1. The minimum atomic E-state index is -0.830. The summed E-state index contributed by atoms with van der Waals surface area (Å²) in [4.78, 5) is 35.7. The first-order valence-electron chi connectivity index (χ1n) is 8.54. The van der Waals surface area contributed by atoms with E-state index in [0.717, 1.165) is 19.3 Å². The maximum Gasteiger partial charge on any atom is 0.324 e. The molecule has 7 nitrogen and oxygen atoms in total. The Morgan fingerprint density at radius 1 is 1.29 bits per heavy atom. The van der Waals surface area contributed by atoms with Crippen LogP contribution in [0.3, 0.4) is 0 Å². The Bertz CT molecular complexity index is 433. The summed E-state index contributed by atoms with van der Waals surface area (Å²) >= 11 is 1.47. The number of carbonyl (C=O) groups excluding carboxylic acids is 2. The molecule has 138 valence electrons. The number of thioether (sulfide) groups is 1. The maximum atomic E-state index is 11.9. The van der Waals surface area contributed by atoms with Crippen LogP contribution in [0.2, 0.25) is 0 Å². The second-order valence-corrected chi connectivity index (χ2v) is 7.16. The maximum absolute atomic E-state index is 11.9. The standard InChI is InChI=1S/C16H28N2O5S/c1-2-3-4-6-12(19)8-9-18-13(15(22)17-16(18)23)11-24-10-5-7-14(20)21/h12-13,19H,2-11H2,1H3,(H,20,21)(H,17,22,23). The molecule has 8 heteroatoms. The Morgan fingerprint density at radius 3 is 2.71 bits per heavy atom. The van der Waals surface area contributed by atoms with Gasteiger partial charge >= 0.3 is 12.0 Å². The molecule has 1 saturated heterocycles. The van der Waals surface area contributed by atoms with Crippen molar-refractivity contribution in [2.24, 2.45) is 0 Å². The monoisotopic (exact) mass is 360 g/mol. The quantitative estimate of drug-likeness (QED) is 0.342. The van der Waals surface area contributed by atoms with Crippen LogP contribution in [-0.2, 0) is 9.59 Å². The number of aliphatic hydroxyl groups excluding tert-OH is 1. The van der Waals surface area contributed by atoms with Gasteiger partial charge in [-0.3, -0.25) is 14.9 Å². The largest absolute Gasteiger partial charge is 0.481 e. The van der Waals surface area contributed by atoms with Crippen molar-refractivity contribution in [2.45, 2.75) is 64.0 Å². The molecule has 0 aromatic carbocycles. The summed E-state index contributed by atoms with van der Waals surface area (Å²) in [6, 6.07) is -0.938. The van der Waals surface area contributed by atoms with E-state index in [0.29, 0.717) is 37.3 Å². The minimum absolute atomic E-state index is 0.108. The third kappa shape index (κ3) is 7.53. The van der Waals surface area contributed by atoms with Crippen molar-refractivity contribution in [3.05, 3.63) is 0 Å². The number of carboxylic acids is 1. The number of unbranched alkanes of at least 4 members (excludes halogenated alkanes) is 2. The molecule has 1 aliphatic heterocycles. The number of urea groups is 1. The van der Waals surface area contributed by atoms with Gasteiger partial charge in [-0.15, -0.1) is 0 Å². The number of imide groups is 1. The number of hydrogen-bond donors (Lipinski definition) is 3. The lowest BCUT2D eigenvalue weighted by atomic mass is 10.1. The van der Waals surface area contributed by atoms with Crippen LogP contribution >= 0.6 is 11.8 Å². The smallest absolute Gasteiger partial charge is 0.324 e. The van der Waals surface area contributed by atoms with Crippen LogP contribution in [0, 0.1) is 0 Å². The third-order valence-corrected chi connectivity index (χ3v) is 5.10. The third-order valence-electron chi connectivity index (χ3n) is 3.97. The van der Waals surface area contributed by atoms with Gasteiger partial charge in [0, 0.05) is 18.7 Å². The fourth-order valence-corrected chi connectivity index (χ4v) is 3.62. The number of hydrogen-bond acceptors (Lipinski definition) is 5. The van der Waals surface area contributed by atoms with Gasteiger partial charge in [-0.2, -0.15) is 11.8 Å². The average molecular weight is 360 g/mol. The van der Waals surface area contributed by atoms with E-state index in [9.17, 15) is 19.5 Å². The van der Waals surface area contributed by atoms with E-state index >= 15 is 0 Å². The number of carbonyl (C=O) groups is 3. The first-order valence-corrected chi connectivity index (χ1v) is 9.70. The molecule has 2 unspecified atom stereocenters. The summed E-state index contributed by atoms with van der Waals surface area (Å²) in [5.41, 5.74) is 0. The Morgan fingerprint density at radius 2 is 2.04 bits per heavy atom. The van der Waals surface area contributed by atoms with Crippen molar-refractivity contribution in [3.8, 4) is 0 Å². The summed E-state index contributed by atoms with van der Waals surface area (Å²) in [5, 5.41) is 20.9. The molecular formula is C16H28N2O5S. The SMILES string of the molecule is CCCCCC(O)CCN1C(=O)NC(=O)C1CSCCCC(=O)O. The minimum Gasteiger partial charge on any atom is -0.481 e. The van der Waals surface area contributed by atoms with Crippen molar-refractivity contribution in [1.29, 1.82) is 0 Å². The van der Waals surface area contributed by atoms with Crippen LogP contribution in [0.5, 0.6) is 0 Å². The van der Waals surface area contributed by atoms with E-state index in [1.165, 1.54) is 16.7 Å². The van der Waals surface area contributed by atoms with E-state index in [1.54, 1.807) is 0 Å². The van der Waals surface area contributed by atoms with E-state index < -0.39 is 24.1 Å². The second-order valence-electron chi connectivity index (χ2n) is 6.01. The number of rotatable bonds is 13. The summed E-state index contributed by atoms with van der Waals surface area (Å²) in [7, 11) is 0. The van der Waals surface area contributed by atoms with Crippen molar-refractivity contribution in [3.63, 3.8) is 0 Å². The van der Waals surface area contributed by atoms with Gasteiger partial charge in [0.25, 0.3) is 5.91 Å². The van der Waals surface area contributed by atoms with Crippen LogP contribution in [0.25, 0.3) is 0 Å². The predicted octanol–water partition coefficient (Wildman–Crippen LogP) is 1.84. The van der Waals surface area contributed by atoms with E-state index in [1.807, 2.05) is 0 Å². The van der Waals surface area contributed by atoms with Gasteiger partial charge in [0.2, 0.25) is 0 Å². The summed E-state index contributed by atoms with van der Waals surface area (Å²) in [5.74, 6) is -0.0600. The molecule has 0 radical (unpaired) electrons. The number of aliphatic hydroxyl groups is 1. The van der Waals surface area contributed by atoms with Gasteiger partial charge < -0.3 is 15.1 Å². The Balaban J connectivity index is 2.35. The molecule has 0 bridgehead atoms. The molecule has 24 heavy (non-hydrogen) atoms. The lowest BCUT2D eigenvalue weighted by Gasteiger charge is -2.22. The van der Waals surface area contributed by atoms with Crippen molar-refractivity contribution in [2.75, 3.05) is 18.1 Å². The molecule has 0 spiro atoms. The van der Waals surface area contributed by atoms with Gasteiger partial charge in [0.15, 0.2) is 0 Å². The highest BCUT2D eigenvalue weighted by atomic mass is 32.2. The zero-order valence-electron chi connectivity index (χ0n) is 14.2. The topological polar surface area (TPSA) is 107 Å². The fraction of sp³-hybridized carbons (Fsp3) is 0.812. The second kappa shape index (κ2) is 11.3. The first kappa shape index (κ1) is 20.8. The number of nitrogens with zero attached hydrogens (tertiary/aromatic N) is 1. The van der Waals surface area contributed by atoms with Crippen LogP contribution < -0.4 is 5.32 Å². The molecule has 0 aromatic rings. The lowest BCUT2D eigenvalue weighted by molar-refractivity contribution is -0.137. The average Bonchev–Trinajstić information content (AvgIpc) is 2.78. The summed E-state index contributed by atoms with van der Waals surface area (Å²) < 4.78 is 0. The first-order chi connectivity index (χ1) is 11.5. The van der Waals surface area contributed by atoms with Crippen molar-refractivity contribution < 1.29 is 24.6 Å². The van der Waals surface area contributed by atoms with Crippen molar-refractivity contribution in [1.82, 2.24) is 10.2 Å². The van der Waals surface area contributed by atoms with E-state index in [-0.39, 0.29) is 12.3 Å².